The van der Waals surface area contributed by atoms with Crippen molar-refractivity contribution >= 4 is 16.3 Å². The first-order valence-corrected chi connectivity index (χ1v) is 6.25. The lowest BCUT2D eigenvalue weighted by Crippen LogP contribution is -1.96. The third kappa shape index (κ3) is 1.69. The summed E-state index contributed by atoms with van der Waals surface area (Å²) >= 11 is 1.68. The second-order valence-corrected chi connectivity index (χ2v) is 4.96. The molecule has 0 fully saturated rings. The number of thiazole rings is 1. The summed E-state index contributed by atoms with van der Waals surface area (Å²) in [7, 11) is 1.87. The molecule has 2 aromatic heterocycles. The molecule has 0 bridgehead atoms. The number of nitrogens with one attached hydrogen (secondary N) is 1. The molecule has 1 aliphatic heterocycles. The lowest BCUT2D eigenvalue weighted by atomic mass is 10.2. The van der Waals surface area contributed by atoms with Crippen LogP contribution in [-0.4, -0.2) is 26.5 Å². The van der Waals surface area contributed by atoms with E-state index in [2.05, 4.69) is 20.6 Å². The van der Waals surface area contributed by atoms with Gasteiger partial charge in [0.25, 0.3) is 0 Å². The Kier molecular flexibility index (Phi) is 2.36. The Morgan fingerprint density at radius 3 is 3.19 bits per heavy atom. The van der Waals surface area contributed by atoms with E-state index < -0.39 is 0 Å². The molecule has 0 saturated carbocycles. The molecule has 2 aromatic rings. The van der Waals surface area contributed by atoms with E-state index in [1.54, 1.807) is 16.0 Å². The van der Waals surface area contributed by atoms with Crippen LogP contribution in [0.5, 0.6) is 0 Å². The van der Waals surface area contributed by atoms with Crippen molar-refractivity contribution in [2.45, 2.75) is 19.3 Å². The van der Waals surface area contributed by atoms with Crippen LogP contribution in [0.15, 0.2) is 6.20 Å². The van der Waals surface area contributed by atoms with Crippen molar-refractivity contribution in [1.29, 1.82) is 0 Å². The molecule has 0 radical (unpaired) electrons. The Labute approximate surface area is 97.5 Å². The highest BCUT2D eigenvalue weighted by Crippen LogP contribution is 2.33. The summed E-state index contributed by atoms with van der Waals surface area (Å²) < 4.78 is 1.70. The first-order valence-electron chi connectivity index (χ1n) is 5.43. The Bertz CT molecular complexity index is 478. The van der Waals surface area contributed by atoms with Gasteiger partial charge in [0, 0.05) is 13.6 Å². The van der Waals surface area contributed by atoms with Crippen molar-refractivity contribution < 1.29 is 0 Å². The molecule has 1 N–H and O–H groups in total. The van der Waals surface area contributed by atoms with Crippen LogP contribution in [0.1, 0.15) is 18.5 Å². The van der Waals surface area contributed by atoms with Gasteiger partial charge in [-0.1, -0.05) is 16.6 Å². The number of hydrogen-bond donors (Lipinski definition) is 1. The number of hydrogen-bond acceptors (Lipinski definition) is 5. The Balaban J connectivity index is 1.98. The standard InChI is InChI=1S/C10H13N5S/c1-15-6-8(13-14-15)10-12-7-4-2-3-5-11-9(7)16-10/h6,11H,2-5H2,1H3. The number of aromatic nitrogens is 4. The zero-order chi connectivity index (χ0) is 11.0. The molecule has 6 heteroatoms. The van der Waals surface area contributed by atoms with Crippen LogP contribution in [0.2, 0.25) is 0 Å². The van der Waals surface area contributed by atoms with Crippen LogP contribution in [0.25, 0.3) is 10.7 Å². The quantitative estimate of drug-likeness (QED) is 0.817. The van der Waals surface area contributed by atoms with E-state index >= 15 is 0 Å². The number of anilines is 1. The topological polar surface area (TPSA) is 55.6 Å². The number of aryl methyl sites for hydroxylation is 2. The lowest BCUT2D eigenvalue weighted by molar-refractivity contribution is 0.715. The van der Waals surface area contributed by atoms with Crippen LogP contribution < -0.4 is 5.32 Å². The summed E-state index contributed by atoms with van der Waals surface area (Å²) in [6, 6.07) is 0. The first-order chi connectivity index (χ1) is 7.83. The van der Waals surface area contributed by atoms with Gasteiger partial charge in [0.1, 0.15) is 15.7 Å². The fraction of sp³-hybridized carbons (Fsp3) is 0.500. The average Bonchev–Trinajstić information content (AvgIpc) is 2.81. The molecule has 16 heavy (non-hydrogen) atoms. The zero-order valence-corrected chi connectivity index (χ0v) is 9.92. The van der Waals surface area contributed by atoms with Gasteiger partial charge in [-0.3, -0.25) is 4.68 Å². The van der Waals surface area contributed by atoms with Gasteiger partial charge in [0.2, 0.25) is 0 Å². The van der Waals surface area contributed by atoms with Crippen molar-refractivity contribution in [2.75, 3.05) is 11.9 Å². The summed E-state index contributed by atoms with van der Waals surface area (Å²) in [5.74, 6) is 0. The highest BCUT2D eigenvalue weighted by atomic mass is 32.1. The second kappa shape index (κ2) is 3.86. The summed E-state index contributed by atoms with van der Waals surface area (Å²) in [4.78, 5) is 4.63. The Hall–Kier alpha value is -1.43. The molecule has 1 aliphatic rings. The number of fused-ring (bicyclic) bond motifs is 1. The summed E-state index contributed by atoms with van der Waals surface area (Å²) in [5.41, 5.74) is 2.05. The maximum absolute atomic E-state index is 4.63. The molecule has 0 atom stereocenters. The normalized spacial score (nSPS) is 15.3. The monoisotopic (exact) mass is 235 g/mol. The predicted octanol–water partition coefficient (Wildman–Crippen LogP) is 1.69. The van der Waals surface area contributed by atoms with Crippen molar-refractivity contribution in [1.82, 2.24) is 20.0 Å². The fourth-order valence-electron chi connectivity index (χ4n) is 1.83. The molecule has 0 amide bonds. The summed E-state index contributed by atoms with van der Waals surface area (Å²) in [5, 5.41) is 13.6. The molecule has 0 aromatic carbocycles. The lowest BCUT2D eigenvalue weighted by Gasteiger charge is -1.96. The van der Waals surface area contributed by atoms with E-state index in [1.807, 2.05) is 13.2 Å². The van der Waals surface area contributed by atoms with E-state index in [4.69, 9.17) is 0 Å². The van der Waals surface area contributed by atoms with Crippen LogP contribution in [0.4, 0.5) is 5.00 Å². The van der Waals surface area contributed by atoms with Crippen LogP contribution in [0, 0.1) is 0 Å². The van der Waals surface area contributed by atoms with Crippen molar-refractivity contribution in [3.8, 4) is 10.7 Å². The van der Waals surface area contributed by atoms with Gasteiger partial charge < -0.3 is 5.32 Å². The van der Waals surface area contributed by atoms with Gasteiger partial charge >= 0.3 is 0 Å². The molecule has 5 nitrogen and oxygen atoms in total. The first kappa shape index (κ1) is 9.77. The fourth-order valence-corrected chi connectivity index (χ4v) is 2.82. The minimum atomic E-state index is 0.863. The molecule has 0 spiro atoms. The Morgan fingerprint density at radius 1 is 1.44 bits per heavy atom. The van der Waals surface area contributed by atoms with E-state index in [0.717, 1.165) is 23.7 Å². The van der Waals surface area contributed by atoms with Gasteiger partial charge in [0.05, 0.1) is 11.9 Å². The zero-order valence-electron chi connectivity index (χ0n) is 9.10. The van der Waals surface area contributed by atoms with Crippen molar-refractivity contribution in [2.24, 2.45) is 7.05 Å². The molecule has 84 valence electrons. The van der Waals surface area contributed by atoms with Crippen LogP contribution in [0.3, 0.4) is 0 Å². The number of rotatable bonds is 1. The molecular weight excluding hydrogens is 222 g/mol. The van der Waals surface area contributed by atoms with Gasteiger partial charge in [-0.2, -0.15) is 0 Å². The molecule has 0 aliphatic carbocycles. The largest absolute Gasteiger partial charge is 0.375 e. The van der Waals surface area contributed by atoms with E-state index in [-0.39, 0.29) is 0 Å². The van der Waals surface area contributed by atoms with Crippen LogP contribution >= 0.6 is 11.3 Å². The average molecular weight is 235 g/mol. The molecule has 3 rings (SSSR count). The highest BCUT2D eigenvalue weighted by molar-refractivity contribution is 7.19. The van der Waals surface area contributed by atoms with E-state index in [1.165, 1.54) is 23.5 Å². The molecule has 0 saturated heterocycles. The van der Waals surface area contributed by atoms with E-state index in [9.17, 15) is 0 Å². The predicted molar refractivity (Wildman–Crippen MR) is 63.5 cm³/mol. The second-order valence-electron chi connectivity index (χ2n) is 3.96. The molecule has 3 heterocycles. The maximum atomic E-state index is 4.63. The highest BCUT2D eigenvalue weighted by Gasteiger charge is 2.16. The SMILES string of the molecule is Cn1cc(-c2nc3c(s2)NCCCC3)nn1. The van der Waals surface area contributed by atoms with Crippen LogP contribution in [-0.2, 0) is 13.5 Å². The minimum absolute atomic E-state index is 0.863. The minimum Gasteiger partial charge on any atom is -0.375 e. The summed E-state index contributed by atoms with van der Waals surface area (Å²) in [6.45, 7) is 1.05. The number of nitrogens with zero attached hydrogens (tertiary/aromatic N) is 4. The van der Waals surface area contributed by atoms with Gasteiger partial charge in [-0.15, -0.1) is 5.10 Å². The van der Waals surface area contributed by atoms with E-state index in [0.29, 0.717) is 0 Å². The van der Waals surface area contributed by atoms with Crippen molar-refractivity contribution in [3.05, 3.63) is 11.9 Å². The summed E-state index contributed by atoms with van der Waals surface area (Å²) in [6.07, 6.45) is 5.41. The van der Waals surface area contributed by atoms with Gasteiger partial charge in [-0.05, 0) is 19.3 Å². The third-order valence-corrected chi connectivity index (χ3v) is 3.72. The maximum Gasteiger partial charge on any atom is 0.147 e. The third-order valence-electron chi connectivity index (χ3n) is 2.65. The molecular formula is C10H13N5S. The Morgan fingerprint density at radius 2 is 2.38 bits per heavy atom. The smallest absolute Gasteiger partial charge is 0.147 e. The van der Waals surface area contributed by atoms with Gasteiger partial charge in [0.15, 0.2) is 0 Å². The van der Waals surface area contributed by atoms with Crippen molar-refractivity contribution in [3.63, 3.8) is 0 Å². The van der Waals surface area contributed by atoms with Gasteiger partial charge in [-0.25, -0.2) is 4.98 Å². The molecule has 0 unspecified atom stereocenters.